The van der Waals surface area contributed by atoms with Gasteiger partial charge in [0.05, 0.1) is 12.0 Å². The van der Waals surface area contributed by atoms with Crippen LogP contribution in [0.2, 0.25) is 0 Å². The van der Waals surface area contributed by atoms with Gasteiger partial charge in [-0.1, -0.05) is 12.1 Å². The van der Waals surface area contributed by atoms with Crippen LogP contribution in [-0.2, 0) is 6.54 Å². The molecule has 1 aromatic heterocycles. The van der Waals surface area contributed by atoms with Crippen molar-refractivity contribution in [1.82, 2.24) is 4.98 Å². The third-order valence-electron chi connectivity index (χ3n) is 2.82. The first-order chi connectivity index (χ1) is 10.1. The second-order valence-corrected chi connectivity index (χ2v) is 4.16. The monoisotopic (exact) mass is 284 g/mol. The Balaban J connectivity index is 2.12. The molecule has 0 saturated carbocycles. The van der Waals surface area contributed by atoms with Gasteiger partial charge in [0, 0.05) is 12.6 Å². The van der Waals surface area contributed by atoms with Crippen LogP contribution in [0.4, 0.5) is 11.5 Å². The Labute approximate surface area is 121 Å². The van der Waals surface area contributed by atoms with Crippen molar-refractivity contribution in [3.63, 3.8) is 0 Å². The molecule has 1 N–H and O–H groups in total. The third kappa shape index (κ3) is 3.45. The lowest BCUT2D eigenvalue weighted by atomic mass is 10.2. The summed E-state index contributed by atoms with van der Waals surface area (Å²) < 4.78 is 5.06. The van der Waals surface area contributed by atoms with Crippen LogP contribution in [0, 0.1) is 21.4 Å². The quantitative estimate of drug-likeness (QED) is 0.668. The number of nitrogens with zero attached hydrogens (tertiary/aromatic N) is 3. The van der Waals surface area contributed by atoms with E-state index in [2.05, 4.69) is 10.3 Å². The normalized spacial score (nSPS) is 9.71. The summed E-state index contributed by atoms with van der Waals surface area (Å²) in [7, 11) is 1.59. The number of aromatic nitrogens is 1. The highest BCUT2D eigenvalue weighted by molar-refractivity contribution is 5.55. The Bertz CT molecular complexity index is 692. The lowest BCUT2D eigenvalue weighted by Crippen LogP contribution is -2.04. The van der Waals surface area contributed by atoms with Crippen molar-refractivity contribution in [2.75, 3.05) is 12.4 Å². The molecule has 0 amide bonds. The Morgan fingerprint density at radius 1 is 1.43 bits per heavy atom. The van der Waals surface area contributed by atoms with Crippen LogP contribution >= 0.6 is 0 Å². The highest BCUT2D eigenvalue weighted by Gasteiger charge is 2.11. The molecule has 0 bridgehead atoms. The van der Waals surface area contributed by atoms with Gasteiger partial charge < -0.3 is 10.1 Å². The number of ether oxygens (including phenoxy) is 1. The van der Waals surface area contributed by atoms with E-state index in [4.69, 9.17) is 10.00 Å². The Kier molecular flexibility index (Phi) is 4.31. The number of methoxy groups -OCH3 is 1. The zero-order valence-corrected chi connectivity index (χ0v) is 11.2. The second-order valence-electron chi connectivity index (χ2n) is 4.16. The zero-order valence-electron chi connectivity index (χ0n) is 11.2. The van der Waals surface area contributed by atoms with Gasteiger partial charge in [-0.15, -0.1) is 0 Å². The number of anilines is 1. The maximum Gasteiger partial charge on any atom is 0.289 e. The molecule has 21 heavy (non-hydrogen) atoms. The highest BCUT2D eigenvalue weighted by atomic mass is 16.6. The highest BCUT2D eigenvalue weighted by Crippen LogP contribution is 2.19. The van der Waals surface area contributed by atoms with Gasteiger partial charge in [-0.25, -0.2) is 4.98 Å². The Hall–Kier alpha value is -3.14. The van der Waals surface area contributed by atoms with E-state index in [-0.39, 0.29) is 11.3 Å². The van der Waals surface area contributed by atoms with Gasteiger partial charge in [0.15, 0.2) is 0 Å². The topological polar surface area (TPSA) is 101 Å². The van der Waals surface area contributed by atoms with Crippen LogP contribution < -0.4 is 10.1 Å². The van der Waals surface area contributed by atoms with E-state index in [0.29, 0.717) is 12.4 Å². The molecule has 7 nitrogen and oxygen atoms in total. The van der Waals surface area contributed by atoms with Crippen LogP contribution in [0.25, 0.3) is 0 Å². The summed E-state index contributed by atoms with van der Waals surface area (Å²) in [5, 5.41) is 22.7. The standard InChI is InChI=1S/C14H12N4O3/c1-21-13-4-2-10(3-5-13)8-16-14-11(7-15)6-12(9-17-14)18(19)20/h2-6,9H,8H2,1H3,(H,16,17). The van der Waals surface area contributed by atoms with Crippen molar-refractivity contribution in [3.05, 3.63) is 57.8 Å². The summed E-state index contributed by atoms with van der Waals surface area (Å²) in [6.07, 6.45) is 1.12. The smallest absolute Gasteiger partial charge is 0.289 e. The molecule has 7 heteroatoms. The summed E-state index contributed by atoms with van der Waals surface area (Å²) in [6.45, 7) is 0.448. The van der Waals surface area contributed by atoms with E-state index in [9.17, 15) is 10.1 Å². The molecule has 1 aromatic carbocycles. The van der Waals surface area contributed by atoms with E-state index in [1.54, 1.807) is 7.11 Å². The molecule has 0 atom stereocenters. The molecule has 2 rings (SSSR count). The molecule has 0 radical (unpaired) electrons. The summed E-state index contributed by atoms with van der Waals surface area (Å²) in [5.41, 5.74) is 0.902. The molecule has 0 spiro atoms. The number of pyridine rings is 1. The number of nitrogens with one attached hydrogen (secondary N) is 1. The average Bonchev–Trinajstić information content (AvgIpc) is 2.53. The molecule has 0 aliphatic rings. The SMILES string of the molecule is COc1ccc(CNc2ncc([N+](=O)[O-])cc2C#N)cc1. The summed E-state index contributed by atoms with van der Waals surface area (Å²) >= 11 is 0. The fourth-order valence-electron chi connectivity index (χ4n) is 1.71. The van der Waals surface area contributed by atoms with Crippen molar-refractivity contribution < 1.29 is 9.66 Å². The first-order valence-corrected chi connectivity index (χ1v) is 6.05. The lowest BCUT2D eigenvalue weighted by Gasteiger charge is -2.07. The number of rotatable bonds is 5. The fourth-order valence-corrected chi connectivity index (χ4v) is 1.71. The largest absolute Gasteiger partial charge is 0.497 e. The van der Waals surface area contributed by atoms with E-state index in [1.165, 1.54) is 6.07 Å². The second kappa shape index (κ2) is 6.34. The van der Waals surface area contributed by atoms with Crippen LogP contribution in [0.15, 0.2) is 36.5 Å². The first kappa shape index (κ1) is 14.3. The number of benzene rings is 1. The van der Waals surface area contributed by atoms with Gasteiger partial charge in [-0.3, -0.25) is 10.1 Å². The summed E-state index contributed by atoms with van der Waals surface area (Å²) in [4.78, 5) is 14.0. The molecular weight excluding hydrogens is 272 g/mol. The Morgan fingerprint density at radius 2 is 2.14 bits per heavy atom. The first-order valence-electron chi connectivity index (χ1n) is 6.05. The molecule has 0 aliphatic carbocycles. The van der Waals surface area contributed by atoms with E-state index in [1.807, 2.05) is 30.3 Å². The zero-order chi connectivity index (χ0) is 15.2. The maximum absolute atomic E-state index is 10.6. The number of hydrogen-bond donors (Lipinski definition) is 1. The summed E-state index contributed by atoms with van der Waals surface area (Å²) in [6, 6.07) is 10.5. The minimum atomic E-state index is -0.582. The molecule has 1 heterocycles. The minimum Gasteiger partial charge on any atom is -0.497 e. The van der Waals surface area contributed by atoms with Gasteiger partial charge >= 0.3 is 0 Å². The van der Waals surface area contributed by atoms with Crippen LogP contribution in [0.1, 0.15) is 11.1 Å². The number of nitro groups is 1. The Morgan fingerprint density at radius 3 is 2.71 bits per heavy atom. The van der Waals surface area contributed by atoms with Gasteiger partial charge in [-0.2, -0.15) is 5.26 Å². The molecule has 2 aromatic rings. The van der Waals surface area contributed by atoms with Gasteiger partial charge in [0.2, 0.25) is 0 Å². The minimum absolute atomic E-state index is 0.137. The van der Waals surface area contributed by atoms with E-state index in [0.717, 1.165) is 17.5 Å². The van der Waals surface area contributed by atoms with Crippen LogP contribution in [0.3, 0.4) is 0 Å². The van der Waals surface area contributed by atoms with Crippen molar-refractivity contribution in [3.8, 4) is 11.8 Å². The molecule has 0 fully saturated rings. The molecule has 0 unspecified atom stereocenters. The number of nitriles is 1. The van der Waals surface area contributed by atoms with Crippen molar-refractivity contribution >= 4 is 11.5 Å². The molecule has 106 valence electrons. The van der Waals surface area contributed by atoms with Crippen LogP contribution in [0.5, 0.6) is 5.75 Å². The predicted molar refractivity (Wildman–Crippen MR) is 75.9 cm³/mol. The van der Waals surface area contributed by atoms with Crippen molar-refractivity contribution in [1.29, 1.82) is 5.26 Å². The predicted octanol–water partition coefficient (Wildman–Crippen LogP) is 2.48. The van der Waals surface area contributed by atoms with Gasteiger partial charge in [0.25, 0.3) is 5.69 Å². The summed E-state index contributed by atoms with van der Waals surface area (Å²) in [5.74, 6) is 1.07. The molecule has 0 aliphatic heterocycles. The molecular formula is C14H12N4O3. The lowest BCUT2D eigenvalue weighted by molar-refractivity contribution is -0.385. The van der Waals surface area contributed by atoms with Gasteiger partial charge in [-0.05, 0) is 17.7 Å². The van der Waals surface area contributed by atoms with Crippen LogP contribution in [-0.4, -0.2) is 17.0 Å². The third-order valence-corrected chi connectivity index (χ3v) is 2.82. The van der Waals surface area contributed by atoms with Crippen molar-refractivity contribution in [2.24, 2.45) is 0 Å². The fraction of sp³-hybridized carbons (Fsp3) is 0.143. The average molecular weight is 284 g/mol. The van der Waals surface area contributed by atoms with E-state index < -0.39 is 4.92 Å². The number of hydrogen-bond acceptors (Lipinski definition) is 6. The van der Waals surface area contributed by atoms with Crippen molar-refractivity contribution in [2.45, 2.75) is 6.54 Å². The molecule has 0 saturated heterocycles. The maximum atomic E-state index is 10.6. The van der Waals surface area contributed by atoms with Gasteiger partial charge in [0.1, 0.15) is 29.4 Å². The van der Waals surface area contributed by atoms with E-state index >= 15 is 0 Å².